The Balaban J connectivity index is 1.52. The van der Waals surface area contributed by atoms with Gasteiger partial charge in [-0.1, -0.05) is 36.4 Å². The summed E-state index contributed by atoms with van der Waals surface area (Å²) in [6, 6.07) is 18.6. The predicted octanol–water partition coefficient (Wildman–Crippen LogP) is 4.68. The van der Waals surface area contributed by atoms with Gasteiger partial charge in [0.05, 0.1) is 11.8 Å². The lowest BCUT2D eigenvalue weighted by Gasteiger charge is -2.09. The molecule has 33 heavy (non-hydrogen) atoms. The van der Waals surface area contributed by atoms with E-state index < -0.39 is 23.6 Å². The van der Waals surface area contributed by atoms with Crippen molar-refractivity contribution in [1.82, 2.24) is 5.43 Å². The van der Waals surface area contributed by atoms with Crippen LogP contribution in [0.25, 0.3) is 0 Å². The average molecular weight is 455 g/mol. The maximum atomic E-state index is 12.6. The highest BCUT2D eigenvalue weighted by atomic mass is 19.4. The van der Waals surface area contributed by atoms with Gasteiger partial charge >= 0.3 is 18.0 Å². The van der Waals surface area contributed by atoms with Crippen LogP contribution in [0.5, 0.6) is 5.75 Å². The number of nitrogens with zero attached hydrogens (tertiary/aromatic N) is 1. The number of halogens is 3. The molecule has 0 bridgehead atoms. The van der Waals surface area contributed by atoms with Crippen molar-refractivity contribution in [2.24, 2.45) is 5.10 Å². The van der Waals surface area contributed by atoms with Crippen LogP contribution < -0.4 is 15.5 Å². The highest BCUT2D eigenvalue weighted by Gasteiger charge is 2.30. The molecule has 0 aromatic heterocycles. The van der Waals surface area contributed by atoms with Crippen LogP contribution >= 0.6 is 0 Å². The minimum Gasteiger partial charge on any atom is -0.489 e. The van der Waals surface area contributed by atoms with E-state index in [-0.39, 0.29) is 5.69 Å². The Morgan fingerprint density at radius 2 is 1.70 bits per heavy atom. The van der Waals surface area contributed by atoms with Gasteiger partial charge in [0, 0.05) is 5.69 Å². The van der Waals surface area contributed by atoms with E-state index >= 15 is 0 Å². The molecule has 2 amide bonds. The number of carbonyl (C=O) groups excluding carboxylic acids is 2. The van der Waals surface area contributed by atoms with E-state index in [1.165, 1.54) is 6.21 Å². The lowest BCUT2D eigenvalue weighted by Crippen LogP contribution is -2.32. The van der Waals surface area contributed by atoms with Crippen molar-refractivity contribution in [3.8, 4) is 5.75 Å². The van der Waals surface area contributed by atoms with Crippen molar-refractivity contribution in [1.29, 1.82) is 0 Å². The highest BCUT2D eigenvalue weighted by Crippen LogP contribution is 2.29. The first-order valence-corrected chi connectivity index (χ1v) is 9.81. The van der Waals surface area contributed by atoms with E-state index in [0.29, 0.717) is 17.9 Å². The summed E-state index contributed by atoms with van der Waals surface area (Å²) < 4.78 is 43.5. The summed E-state index contributed by atoms with van der Waals surface area (Å²) in [5, 5.41) is 5.94. The zero-order chi connectivity index (χ0) is 23.8. The summed E-state index contributed by atoms with van der Waals surface area (Å²) in [5.41, 5.74) is 4.06. The van der Waals surface area contributed by atoms with E-state index in [4.69, 9.17) is 4.74 Å². The first kappa shape index (κ1) is 23.5. The number of ether oxygens (including phenoxy) is 1. The number of benzene rings is 3. The number of aryl methyl sites for hydroxylation is 1. The number of amides is 2. The summed E-state index contributed by atoms with van der Waals surface area (Å²) in [6.07, 6.45) is -3.15. The van der Waals surface area contributed by atoms with Gasteiger partial charge < -0.3 is 10.1 Å². The van der Waals surface area contributed by atoms with Crippen LogP contribution in [-0.4, -0.2) is 18.0 Å². The van der Waals surface area contributed by atoms with Crippen molar-refractivity contribution >= 4 is 23.7 Å². The molecule has 3 aromatic carbocycles. The smallest absolute Gasteiger partial charge is 0.416 e. The monoisotopic (exact) mass is 455 g/mol. The number of anilines is 1. The zero-order valence-electron chi connectivity index (χ0n) is 17.5. The van der Waals surface area contributed by atoms with Gasteiger partial charge in [0.25, 0.3) is 0 Å². The Morgan fingerprint density at radius 1 is 0.970 bits per heavy atom. The Hall–Kier alpha value is -4.14. The quantitative estimate of drug-likeness (QED) is 0.322. The van der Waals surface area contributed by atoms with E-state index in [1.807, 2.05) is 31.2 Å². The molecule has 3 aromatic rings. The molecule has 6 nitrogen and oxygen atoms in total. The fraction of sp³-hybridized carbons (Fsp3) is 0.125. The van der Waals surface area contributed by atoms with Crippen LogP contribution in [0.15, 0.2) is 77.9 Å². The lowest BCUT2D eigenvalue weighted by molar-refractivity contribution is -0.137. The molecule has 0 atom stereocenters. The molecular formula is C24H20F3N3O3. The molecular weight excluding hydrogens is 435 g/mol. The van der Waals surface area contributed by atoms with Gasteiger partial charge in [-0.05, 0) is 60.0 Å². The lowest BCUT2D eigenvalue weighted by atomic mass is 10.1. The summed E-state index contributed by atoms with van der Waals surface area (Å²) in [5.74, 6) is -1.53. The van der Waals surface area contributed by atoms with Crippen LogP contribution in [0.1, 0.15) is 22.3 Å². The molecule has 0 radical (unpaired) electrons. The molecule has 0 fully saturated rings. The number of rotatable bonds is 6. The number of nitrogens with one attached hydrogen (secondary N) is 2. The summed E-state index contributed by atoms with van der Waals surface area (Å²) in [7, 11) is 0. The standard InChI is InChI=1S/C24H20F3N3O3/c1-16-5-2-3-7-18(16)15-33-21-8-4-6-17(13-21)14-28-30-23(32)22(31)29-20-11-9-19(10-12-20)24(25,26)27/h2-14H,15H2,1H3,(H,29,31)(H,30,32). The minimum absolute atomic E-state index is 0.0469. The second-order valence-corrected chi connectivity index (χ2v) is 7.02. The van der Waals surface area contributed by atoms with Crippen LogP contribution in [0.4, 0.5) is 18.9 Å². The third-order valence-corrected chi connectivity index (χ3v) is 4.57. The van der Waals surface area contributed by atoms with Crippen molar-refractivity contribution in [2.45, 2.75) is 19.7 Å². The maximum absolute atomic E-state index is 12.6. The summed E-state index contributed by atoms with van der Waals surface area (Å²) >= 11 is 0. The van der Waals surface area contributed by atoms with Crippen LogP contribution in [-0.2, 0) is 22.4 Å². The fourth-order valence-corrected chi connectivity index (χ4v) is 2.76. The van der Waals surface area contributed by atoms with Gasteiger partial charge in [-0.25, -0.2) is 5.43 Å². The van der Waals surface area contributed by atoms with Crippen LogP contribution in [0.2, 0.25) is 0 Å². The third-order valence-electron chi connectivity index (χ3n) is 4.57. The van der Waals surface area contributed by atoms with Gasteiger partial charge in [0.2, 0.25) is 0 Å². The normalized spacial score (nSPS) is 11.3. The zero-order valence-corrected chi connectivity index (χ0v) is 17.5. The van der Waals surface area contributed by atoms with E-state index in [2.05, 4.69) is 15.8 Å². The van der Waals surface area contributed by atoms with Gasteiger partial charge in [0.15, 0.2) is 0 Å². The Bertz CT molecular complexity index is 1160. The third kappa shape index (κ3) is 6.93. The number of carbonyl (C=O) groups is 2. The molecule has 0 aliphatic carbocycles. The highest BCUT2D eigenvalue weighted by molar-refractivity contribution is 6.39. The van der Waals surface area contributed by atoms with Crippen LogP contribution in [0, 0.1) is 6.92 Å². The topological polar surface area (TPSA) is 79.8 Å². The SMILES string of the molecule is Cc1ccccc1COc1cccc(C=NNC(=O)C(=O)Nc2ccc(C(F)(F)F)cc2)c1. The molecule has 0 aliphatic heterocycles. The fourth-order valence-electron chi connectivity index (χ4n) is 2.76. The molecule has 0 saturated heterocycles. The Labute approximate surface area is 188 Å². The minimum atomic E-state index is -4.49. The van der Waals surface area contributed by atoms with Gasteiger partial charge in [-0.2, -0.15) is 18.3 Å². The number of alkyl halides is 3. The molecule has 2 N–H and O–H groups in total. The van der Waals surface area contributed by atoms with E-state index in [0.717, 1.165) is 35.4 Å². The number of hydrogen-bond acceptors (Lipinski definition) is 4. The molecule has 9 heteroatoms. The second-order valence-electron chi connectivity index (χ2n) is 7.02. The number of hydrazone groups is 1. The molecule has 170 valence electrons. The molecule has 0 saturated carbocycles. The van der Waals surface area contributed by atoms with Crippen LogP contribution in [0.3, 0.4) is 0 Å². The molecule has 3 rings (SSSR count). The largest absolute Gasteiger partial charge is 0.489 e. The van der Waals surface area contributed by atoms with Crippen molar-refractivity contribution in [2.75, 3.05) is 5.32 Å². The van der Waals surface area contributed by atoms with Gasteiger partial charge in [-0.15, -0.1) is 0 Å². The van der Waals surface area contributed by atoms with Gasteiger partial charge in [0.1, 0.15) is 12.4 Å². The number of hydrogen-bond donors (Lipinski definition) is 2. The molecule has 0 aliphatic rings. The Morgan fingerprint density at radius 3 is 2.39 bits per heavy atom. The molecule has 0 unspecified atom stereocenters. The Kier molecular flexibility index (Phi) is 7.45. The first-order valence-electron chi connectivity index (χ1n) is 9.81. The maximum Gasteiger partial charge on any atom is 0.416 e. The predicted molar refractivity (Wildman–Crippen MR) is 118 cm³/mol. The van der Waals surface area contributed by atoms with Crippen molar-refractivity contribution in [3.05, 3.63) is 95.1 Å². The summed E-state index contributed by atoms with van der Waals surface area (Å²) in [4.78, 5) is 23.8. The summed E-state index contributed by atoms with van der Waals surface area (Å²) in [6.45, 7) is 2.40. The van der Waals surface area contributed by atoms with E-state index in [1.54, 1.807) is 24.3 Å². The second kappa shape index (κ2) is 10.4. The molecule has 0 heterocycles. The first-order chi connectivity index (χ1) is 15.7. The van der Waals surface area contributed by atoms with E-state index in [9.17, 15) is 22.8 Å². The van der Waals surface area contributed by atoms with Crippen molar-refractivity contribution < 1.29 is 27.5 Å². The molecule has 0 spiro atoms. The average Bonchev–Trinajstić information content (AvgIpc) is 2.78. The van der Waals surface area contributed by atoms with Crippen molar-refractivity contribution in [3.63, 3.8) is 0 Å². The van der Waals surface area contributed by atoms with Gasteiger partial charge in [-0.3, -0.25) is 9.59 Å².